The number of fused-ring (bicyclic) bond motifs is 1. The van der Waals surface area contributed by atoms with Crippen LogP contribution in [0, 0.1) is 0 Å². The zero-order valence-corrected chi connectivity index (χ0v) is 16.9. The summed E-state index contributed by atoms with van der Waals surface area (Å²) < 4.78 is 7.45. The molecule has 2 aliphatic rings. The van der Waals surface area contributed by atoms with Gasteiger partial charge in [0, 0.05) is 42.0 Å². The van der Waals surface area contributed by atoms with Crippen LogP contribution in [0.4, 0.5) is 0 Å². The van der Waals surface area contributed by atoms with Gasteiger partial charge in [-0.1, -0.05) is 0 Å². The Balaban J connectivity index is 1.32. The molecule has 29 heavy (non-hydrogen) atoms. The van der Waals surface area contributed by atoms with E-state index in [1.54, 1.807) is 7.11 Å². The van der Waals surface area contributed by atoms with Crippen molar-refractivity contribution in [2.24, 2.45) is 0 Å². The maximum Gasteiger partial charge on any atom is 0.253 e. The number of rotatable bonds is 4. The maximum absolute atomic E-state index is 13.0. The summed E-state index contributed by atoms with van der Waals surface area (Å²) in [5.41, 5.74) is 2.95. The number of hydrogen-bond acceptors (Lipinski definition) is 3. The van der Waals surface area contributed by atoms with Crippen molar-refractivity contribution in [1.29, 1.82) is 0 Å². The third-order valence-electron chi connectivity index (χ3n) is 6.40. The van der Waals surface area contributed by atoms with E-state index in [1.807, 2.05) is 41.3 Å². The van der Waals surface area contributed by atoms with Crippen LogP contribution in [-0.2, 0) is 0 Å². The number of nitrogens with zero attached hydrogens (tertiary/aromatic N) is 3. The summed E-state index contributed by atoms with van der Waals surface area (Å²) >= 11 is 0. The molecule has 3 aromatic rings. The molecule has 5 rings (SSSR count). The highest BCUT2D eigenvalue weighted by Crippen LogP contribution is 2.26. The smallest absolute Gasteiger partial charge is 0.253 e. The van der Waals surface area contributed by atoms with E-state index in [4.69, 9.17) is 4.74 Å². The van der Waals surface area contributed by atoms with E-state index in [9.17, 15) is 4.79 Å². The molecule has 2 fully saturated rings. The normalized spacial score (nSPS) is 19.9. The van der Waals surface area contributed by atoms with Gasteiger partial charge in [-0.05, 0) is 80.9 Å². The first-order chi connectivity index (χ1) is 14.2. The van der Waals surface area contributed by atoms with Gasteiger partial charge in [0.1, 0.15) is 5.75 Å². The van der Waals surface area contributed by atoms with Crippen molar-refractivity contribution in [2.75, 3.05) is 33.3 Å². The molecule has 0 unspecified atom stereocenters. The Kier molecular flexibility index (Phi) is 4.76. The van der Waals surface area contributed by atoms with Gasteiger partial charge in [0.2, 0.25) is 0 Å². The Labute approximate surface area is 171 Å². The van der Waals surface area contributed by atoms with E-state index in [2.05, 4.69) is 27.8 Å². The molecule has 150 valence electrons. The summed E-state index contributed by atoms with van der Waals surface area (Å²) in [5.74, 6) is 1.01. The SMILES string of the molecule is COc1ccc2c(ccn2-c2ccc(C(=O)N3CC[C@H](N4CCCC4)C3)cc2)c1. The van der Waals surface area contributed by atoms with Crippen LogP contribution in [-0.4, -0.2) is 59.6 Å². The summed E-state index contributed by atoms with van der Waals surface area (Å²) in [6.45, 7) is 4.12. The summed E-state index contributed by atoms with van der Waals surface area (Å²) in [6.07, 6.45) is 5.75. The summed E-state index contributed by atoms with van der Waals surface area (Å²) in [5, 5.41) is 1.13. The van der Waals surface area contributed by atoms with Crippen LogP contribution in [0.2, 0.25) is 0 Å². The van der Waals surface area contributed by atoms with Gasteiger partial charge in [-0.3, -0.25) is 9.69 Å². The predicted molar refractivity (Wildman–Crippen MR) is 115 cm³/mol. The second-order valence-electron chi connectivity index (χ2n) is 8.09. The van der Waals surface area contributed by atoms with E-state index >= 15 is 0 Å². The molecular formula is C24H27N3O2. The van der Waals surface area contributed by atoms with Crippen LogP contribution in [0.3, 0.4) is 0 Å². The van der Waals surface area contributed by atoms with Crippen LogP contribution in [0.25, 0.3) is 16.6 Å². The van der Waals surface area contributed by atoms with E-state index in [0.717, 1.165) is 47.4 Å². The minimum absolute atomic E-state index is 0.153. The fourth-order valence-electron chi connectivity index (χ4n) is 4.75. The fraction of sp³-hybridized carbons (Fsp3) is 0.375. The second kappa shape index (κ2) is 7.56. The van der Waals surface area contributed by atoms with Crippen molar-refractivity contribution < 1.29 is 9.53 Å². The van der Waals surface area contributed by atoms with Gasteiger partial charge in [-0.15, -0.1) is 0 Å². The molecular weight excluding hydrogens is 362 g/mol. The third-order valence-corrected chi connectivity index (χ3v) is 6.40. The lowest BCUT2D eigenvalue weighted by atomic mass is 10.1. The van der Waals surface area contributed by atoms with Crippen LogP contribution in [0.5, 0.6) is 5.75 Å². The molecule has 2 aliphatic heterocycles. The van der Waals surface area contributed by atoms with Gasteiger partial charge >= 0.3 is 0 Å². The molecule has 0 radical (unpaired) electrons. The zero-order chi connectivity index (χ0) is 19.8. The average molecular weight is 389 g/mol. The largest absolute Gasteiger partial charge is 0.497 e. The van der Waals surface area contributed by atoms with Gasteiger partial charge in [0.25, 0.3) is 5.91 Å². The molecule has 2 aromatic carbocycles. The minimum atomic E-state index is 0.153. The molecule has 3 heterocycles. The van der Waals surface area contributed by atoms with Crippen LogP contribution >= 0.6 is 0 Å². The van der Waals surface area contributed by atoms with Crippen molar-refractivity contribution in [1.82, 2.24) is 14.4 Å². The predicted octanol–water partition coefficient (Wildman–Crippen LogP) is 3.95. The Hall–Kier alpha value is -2.79. The number of aromatic nitrogens is 1. The molecule has 1 aromatic heterocycles. The fourth-order valence-corrected chi connectivity index (χ4v) is 4.75. The number of amides is 1. The average Bonchev–Trinajstić information content (AvgIpc) is 3.53. The van der Waals surface area contributed by atoms with Crippen molar-refractivity contribution in [2.45, 2.75) is 25.3 Å². The minimum Gasteiger partial charge on any atom is -0.497 e. The van der Waals surface area contributed by atoms with Gasteiger partial charge in [-0.25, -0.2) is 0 Å². The standard InChI is InChI=1S/C24H27N3O2/c1-29-22-8-9-23-19(16-22)10-15-27(23)20-6-4-18(5-7-20)24(28)26-14-11-21(17-26)25-12-2-3-13-25/h4-10,15-16,21H,2-3,11-14,17H2,1H3/t21-/m0/s1. The second-order valence-corrected chi connectivity index (χ2v) is 8.09. The van der Waals surface area contributed by atoms with E-state index in [-0.39, 0.29) is 5.91 Å². The highest BCUT2D eigenvalue weighted by molar-refractivity contribution is 5.94. The number of carbonyl (C=O) groups excluding carboxylic acids is 1. The quantitative estimate of drug-likeness (QED) is 0.678. The van der Waals surface area contributed by atoms with E-state index in [1.165, 1.54) is 25.9 Å². The first-order valence-corrected chi connectivity index (χ1v) is 10.5. The third kappa shape index (κ3) is 3.40. The summed E-state index contributed by atoms with van der Waals surface area (Å²) in [7, 11) is 1.68. The summed E-state index contributed by atoms with van der Waals surface area (Å²) in [4.78, 5) is 17.6. The number of methoxy groups -OCH3 is 1. The molecule has 5 nitrogen and oxygen atoms in total. The molecule has 0 saturated carbocycles. The maximum atomic E-state index is 13.0. The molecule has 0 bridgehead atoms. The number of carbonyl (C=O) groups is 1. The molecule has 5 heteroatoms. The lowest BCUT2D eigenvalue weighted by Gasteiger charge is -2.23. The van der Waals surface area contributed by atoms with Crippen LogP contribution in [0.15, 0.2) is 54.7 Å². The Morgan fingerprint density at radius 3 is 2.55 bits per heavy atom. The van der Waals surface area contributed by atoms with Gasteiger partial charge in [-0.2, -0.15) is 0 Å². The van der Waals surface area contributed by atoms with Crippen molar-refractivity contribution in [3.63, 3.8) is 0 Å². The zero-order valence-electron chi connectivity index (χ0n) is 16.9. The van der Waals surface area contributed by atoms with Crippen molar-refractivity contribution in [3.05, 3.63) is 60.3 Å². The van der Waals surface area contributed by atoms with Crippen LogP contribution in [0.1, 0.15) is 29.6 Å². The topological polar surface area (TPSA) is 37.7 Å². The number of hydrogen-bond donors (Lipinski definition) is 0. The Morgan fingerprint density at radius 2 is 1.79 bits per heavy atom. The molecule has 0 aliphatic carbocycles. The number of benzene rings is 2. The number of ether oxygens (including phenoxy) is 1. The highest BCUT2D eigenvalue weighted by atomic mass is 16.5. The molecule has 0 N–H and O–H groups in total. The lowest BCUT2D eigenvalue weighted by molar-refractivity contribution is 0.0780. The van der Waals surface area contributed by atoms with Crippen molar-refractivity contribution in [3.8, 4) is 11.4 Å². The highest BCUT2D eigenvalue weighted by Gasteiger charge is 2.31. The Bertz CT molecular complexity index is 1020. The monoisotopic (exact) mass is 389 g/mol. The van der Waals surface area contributed by atoms with Crippen LogP contribution < -0.4 is 4.74 Å². The first kappa shape index (κ1) is 18.3. The summed E-state index contributed by atoms with van der Waals surface area (Å²) in [6, 6.07) is 16.7. The van der Waals surface area contributed by atoms with Gasteiger partial charge in [0.05, 0.1) is 12.6 Å². The molecule has 0 spiro atoms. The first-order valence-electron chi connectivity index (χ1n) is 10.5. The van der Waals surface area contributed by atoms with Gasteiger partial charge < -0.3 is 14.2 Å². The lowest BCUT2D eigenvalue weighted by Crippen LogP contribution is -2.37. The van der Waals surface area contributed by atoms with Crippen molar-refractivity contribution >= 4 is 16.8 Å². The molecule has 1 atom stereocenters. The molecule has 1 amide bonds. The Morgan fingerprint density at radius 1 is 1.00 bits per heavy atom. The van der Waals surface area contributed by atoms with Gasteiger partial charge in [0.15, 0.2) is 0 Å². The van der Waals surface area contributed by atoms with E-state index < -0.39 is 0 Å². The number of likely N-dealkylation sites (tertiary alicyclic amines) is 2. The van der Waals surface area contributed by atoms with E-state index in [0.29, 0.717) is 6.04 Å². The molecule has 2 saturated heterocycles.